The van der Waals surface area contributed by atoms with Gasteiger partial charge in [-0.3, -0.25) is 9.08 Å². The lowest BCUT2D eigenvalue weighted by atomic mass is 10.1. The molecular formula is C21H20N6O. The predicted octanol–water partition coefficient (Wildman–Crippen LogP) is 3.02. The summed E-state index contributed by atoms with van der Waals surface area (Å²) in [5.74, 6) is 7.08. The zero-order valence-electron chi connectivity index (χ0n) is 15.8. The molecule has 0 aliphatic heterocycles. The van der Waals surface area contributed by atoms with Crippen molar-refractivity contribution in [2.24, 2.45) is 0 Å². The number of aryl methyl sites for hydroxylation is 1. The van der Waals surface area contributed by atoms with Crippen LogP contribution >= 0.6 is 0 Å². The van der Waals surface area contributed by atoms with Crippen molar-refractivity contribution in [1.29, 1.82) is 0 Å². The number of aromatic nitrogens is 5. The number of imidazole rings is 1. The summed E-state index contributed by atoms with van der Waals surface area (Å²) in [5, 5.41) is 7.58. The largest absolute Gasteiger partial charge is 0.383 e. The van der Waals surface area contributed by atoms with Gasteiger partial charge in [-0.05, 0) is 24.5 Å². The van der Waals surface area contributed by atoms with Gasteiger partial charge in [-0.2, -0.15) is 5.10 Å². The van der Waals surface area contributed by atoms with Crippen molar-refractivity contribution in [2.45, 2.75) is 13.5 Å². The summed E-state index contributed by atoms with van der Waals surface area (Å²) in [6, 6.07) is 8.07. The predicted molar refractivity (Wildman–Crippen MR) is 108 cm³/mol. The monoisotopic (exact) mass is 372 g/mol. The van der Waals surface area contributed by atoms with Crippen LogP contribution in [0.4, 0.5) is 11.5 Å². The van der Waals surface area contributed by atoms with E-state index in [1.54, 1.807) is 25.7 Å². The van der Waals surface area contributed by atoms with Crippen LogP contribution in [-0.4, -0.2) is 37.9 Å². The Balaban J connectivity index is 1.60. The molecule has 1 aromatic carbocycles. The molecule has 3 heterocycles. The Morgan fingerprint density at radius 1 is 1.14 bits per heavy atom. The topological polar surface area (TPSA) is 69.3 Å². The van der Waals surface area contributed by atoms with Gasteiger partial charge in [-0.1, -0.05) is 24.1 Å². The van der Waals surface area contributed by atoms with E-state index in [1.165, 1.54) is 0 Å². The fourth-order valence-electron chi connectivity index (χ4n) is 2.82. The zero-order valence-corrected chi connectivity index (χ0v) is 15.8. The SMILES string of the molecule is COCCn1cc(Nc2nccn3c(C#Cc4ccccc4C)cnc23)cn1. The van der Waals surface area contributed by atoms with Crippen molar-refractivity contribution in [3.05, 3.63) is 72.1 Å². The Bertz CT molecular complexity index is 1160. The molecule has 0 aliphatic rings. The number of hydrogen-bond donors (Lipinski definition) is 1. The lowest BCUT2D eigenvalue weighted by molar-refractivity contribution is 0.183. The van der Waals surface area contributed by atoms with Crippen LogP contribution in [0.3, 0.4) is 0 Å². The highest BCUT2D eigenvalue weighted by molar-refractivity contribution is 5.70. The average Bonchev–Trinajstić information content (AvgIpc) is 3.33. The number of anilines is 2. The molecule has 28 heavy (non-hydrogen) atoms. The normalized spacial score (nSPS) is 10.6. The Morgan fingerprint density at radius 2 is 2.04 bits per heavy atom. The third kappa shape index (κ3) is 3.72. The van der Waals surface area contributed by atoms with Gasteiger partial charge in [0.25, 0.3) is 0 Å². The van der Waals surface area contributed by atoms with Crippen molar-refractivity contribution < 1.29 is 4.74 Å². The Labute approximate surface area is 163 Å². The summed E-state index contributed by atoms with van der Waals surface area (Å²) in [6.07, 6.45) is 9.01. The minimum atomic E-state index is 0.609. The number of methoxy groups -OCH3 is 1. The number of nitrogens with zero attached hydrogens (tertiary/aromatic N) is 5. The smallest absolute Gasteiger partial charge is 0.181 e. The van der Waals surface area contributed by atoms with E-state index in [9.17, 15) is 0 Å². The van der Waals surface area contributed by atoms with Crippen molar-refractivity contribution in [2.75, 3.05) is 19.0 Å². The summed E-state index contributed by atoms with van der Waals surface area (Å²) in [6.45, 7) is 3.35. The van der Waals surface area contributed by atoms with Crippen LogP contribution in [0.1, 0.15) is 16.8 Å². The van der Waals surface area contributed by atoms with Gasteiger partial charge in [0, 0.05) is 31.3 Å². The maximum Gasteiger partial charge on any atom is 0.181 e. The molecular weight excluding hydrogens is 352 g/mol. The molecule has 0 amide bonds. The zero-order chi connectivity index (χ0) is 19.3. The second-order valence-corrected chi connectivity index (χ2v) is 6.29. The summed E-state index contributed by atoms with van der Waals surface area (Å²) in [7, 11) is 1.67. The van der Waals surface area contributed by atoms with Gasteiger partial charge in [-0.25, -0.2) is 9.97 Å². The molecule has 0 unspecified atom stereocenters. The first-order valence-corrected chi connectivity index (χ1v) is 8.93. The van der Waals surface area contributed by atoms with Crippen LogP contribution in [0.15, 0.2) is 55.2 Å². The van der Waals surface area contributed by atoms with E-state index >= 15 is 0 Å². The van der Waals surface area contributed by atoms with E-state index < -0.39 is 0 Å². The summed E-state index contributed by atoms with van der Waals surface area (Å²) in [5.41, 5.74) is 4.51. The molecule has 7 nitrogen and oxygen atoms in total. The molecule has 4 rings (SSSR count). The van der Waals surface area contributed by atoms with Gasteiger partial charge in [0.2, 0.25) is 0 Å². The molecule has 0 atom stereocenters. The first-order valence-electron chi connectivity index (χ1n) is 8.93. The lowest BCUT2D eigenvalue weighted by Gasteiger charge is -2.04. The standard InChI is InChI=1S/C21H20N6O/c1-16-5-3-4-6-17(16)7-8-19-14-23-21-20(22-9-10-27(19)21)25-18-13-24-26(15-18)11-12-28-2/h3-6,9-10,13-15H,11-12H2,1-2H3,(H,22,25). The number of hydrogen-bond acceptors (Lipinski definition) is 5. The van der Waals surface area contributed by atoms with Crippen LogP contribution < -0.4 is 5.32 Å². The van der Waals surface area contributed by atoms with Gasteiger partial charge < -0.3 is 10.1 Å². The molecule has 0 fully saturated rings. The minimum absolute atomic E-state index is 0.609. The first kappa shape index (κ1) is 17.8. The van der Waals surface area contributed by atoms with Crippen molar-refractivity contribution in [3.8, 4) is 11.8 Å². The summed E-state index contributed by atoms with van der Waals surface area (Å²) in [4.78, 5) is 8.91. The molecule has 4 aromatic rings. The highest BCUT2D eigenvalue weighted by atomic mass is 16.5. The van der Waals surface area contributed by atoms with E-state index in [0.717, 1.165) is 22.5 Å². The quantitative estimate of drug-likeness (QED) is 0.546. The van der Waals surface area contributed by atoms with Crippen molar-refractivity contribution >= 4 is 17.2 Å². The van der Waals surface area contributed by atoms with Crippen LogP contribution in [0.5, 0.6) is 0 Å². The average molecular weight is 372 g/mol. The van der Waals surface area contributed by atoms with E-state index in [-0.39, 0.29) is 0 Å². The Morgan fingerprint density at radius 3 is 2.89 bits per heavy atom. The van der Waals surface area contributed by atoms with E-state index in [2.05, 4.69) is 45.2 Å². The second kappa shape index (κ2) is 7.94. The Kier molecular flexibility index (Phi) is 5.04. The number of nitrogens with one attached hydrogen (secondary N) is 1. The second-order valence-electron chi connectivity index (χ2n) is 6.29. The molecule has 0 saturated carbocycles. The number of benzene rings is 1. The molecule has 140 valence electrons. The van der Waals surface area contributed by atoms with Crippen LogP contribution in [-0.2, 0) is 11.3 Å². The molecule has 0 aliphatic carbocycles. The fraction of sp³-hybridized carbons (Fsp3) is 0.190. The molecule has 7 heteroatoms. The van der Waals surface area contributed by atoms with Crippen LogP contribution in [0, 0.1) is 18.8 Å². The highest BCUT2D eigenvalue weighted by Gasteiger charge is 2.09. The van der Waals surface area contributed by atoms with Gasteiger partial charge in [0.1, 0.15) is 5.69 Å². The lowest BCUT2D eigenvalue weighted by Crippen LogP contribution is -2.04. The molecule has 0 radical (unpaired) electrons. The molecule has 0 spiro atoms. The van der Waals surface area contributed by atoms with Crippen LogP contribution in [0.2, 0.25) is 0 Å². The third-order valence-corrected chi connectivity index (χ3v) is 4.32. The highest BCUT2D eigenvalue weighted by Crippen LogP contribution is 2.19. The van der Waals surface area contributed by atoms with Gasteiger partial charge in [-0.15, -0.1) is 0 Å². The molecule has 3 aromatic heterocycles. The summed E-state index contributed by atoms with van der Waals surface area (Å²) >= 11 is 0. The van der Waals surface area contributed by atoms with E-state index in [0.29, 0.717) is 24.6 Å². The van der Waals surface area contributed by atoms with E-state index in [4.69, 9.17) is 4.74 Å². The van der Waals surface area contributed by atoms with E-state index in [1.807, 2.05) is 39.7 Å². The number of ether oxygens (including phenoxy) is 1. The van der Waals surface area contributed by atoms with Crippen molar-refractivity contribution in [1.82, 2.24) is 24.1 Å². The number of rotatable bonds is 5. The first-order chi connectivity index (χ1) is 13.7. The molecule has 0 bridgehead atoms. The maximum atomic E-state index is 5.08. The molecule has 0 saturated heterocycles. The fourth-order valence-corrected chi connectivity index (χ4v) is 2.82. The van der Waals surface area contributed by atoms with Gasteiger partial charge in [0.05, 0.1) is 31.2 Å². The van der Waals surface area contributed by atoms with Gasteiger partial charge >= 0.3 is 0 Å². The molecule has 1 N–H and O–H groups in total. The number of fused-ring (bicyclic) bond motifs is 1. The summed E-state index contributed by atoms with van der Waals surface area (Å²) < 4.78 is 8.82. The third-order valence-electron chi connectivity index (χ3n) is 4.32. The van der Waals surface area contributed by atoms with Crippen LogP contribution in [0.25, 0.3) is 5.65 Å². The van der Waals surface area contributed by atoms with Gasteiger partial charge in [0.15, 0.2) is 11.5 Å². The maximum absolute atomic E-state index is 5.08. The Hall–Kier alpha value is -3.63. The minimum Gasteiger partial charge on any atom is -0.383 e. The van der Waals surface area contributed by atoms with Crippen molar-refractivity contribution in [3.63, 3.8) is 0 Å².